The maximum atomic E-state index is 12.8. The second kappa shape index (κ2) is 7.25. The first-order valence-corrected chi connectivity index (χ1v) is 9.65. The lowest BCUT2D eigenvalue weighted by Crippen LogP contribution is -2.52. The number of H-pyrrole nitrogens is 1. The molecule has 0 bridgehead atoms. The SMILES string of the molecule is CCN1CC2(CCC1=O)CCN(C(=O)c1ccc(C(C)C)[nH]c1=O)CC2. The van der Waals surface area contributed by atoms with Gasteiger partial charge in [-0.05, 0) is 49.7 Å². The number of aromatic amines is 1. The van der Waals surface area contributed by atoms with Crippen LogP contribution in [0.5, 0.6) is 0 Å². The first-order chi connectivity index (χ1) is 12.3. The van der Waals surface area contributed by atoms with Crippen molar-refractivity contribution in [1.82, 2.24) is 14.8 Å². The van der Waals surface area contributed by atoms with E-state index in [0.29, 0.717) is 19.5 Å². The van der Waals surface area contributed by atoms with Crippen molar-refractivity contribution < 1.29 is 9.59 Å². The van der Waals surface area contributed by atoms with Crippen LogP contribution in [0.3, 0.4) is 0 Å². The summed E-state index contributed by atoms with van der Waals surface area (Å²) in [5.74, 6) is 0.279. The Hall–Kier alpha value is -2.11. The standard InChI is InChI=1S/C20H29N3O3/c1-4-22-13-20(8-7-17(22)24)9-11-23(12-10-20)19(26)15-5-6-16(14(2)3)21-18(15)25/h5-6,14H,4,7-13H2,1-3H3,(H,21,25). The maximum Gasteiger partial charge on any atom is 0.261 e. The molecular formula is C20H29N3O3. The molecule has 2 aliphatic rings. The van der Waals surface area contributed by atoms with Crippen LogP contribution >= 0.6 is 0 Å². The molecule has 26 heavy (non-hydrogen) atoms. The fraction of sp³-hybridized carbons (Fsp3) is 0.650. The monoisotopic (exact) mass is 359 g/mol. The topological polar surface area (TPSA) is 73.5 Å². The number of piperidine rings is 2. The zero-order valence-corrected chi connectivity index (χ0v) is 16.0. The van der Waals surface area contributed by atoms with Crippen LogP contribution in [-0.2, 0) is 4.79 Å². The lowest BCUT2D eigenvalue weighted by atomic mass is 9.72. The molecule has 2 saturated heterocycles. The number of carbonyl (C=O) groups excluding carboxylic acids is 2. The Labute approximate surface area is 154 Å². The van der Waals surface area contributed by atoms with Gasteiger partial charge in [0, 0.05) is 38.3 Å². The quantitative estimate of drug-likeness (QED) is 0.900. The van der Waals surface area contributed by atoms with Gasteiger partial charge >= 0.3 is 0 Å². The maximum absolute atomic E-state index is 12.8. The third kappa shape index (κ3) is 3.55. The Bertz CT molecular complexity index is 745. The van der Waals surface area contributed by atoms with Crippen molar-refractivity contribution in [3.05, 3.63) is 33.7 Å². The van der Waals surface area contributed by atoms with Gasteiger partial charge in [-0.25, -0.2) is 0 Å². The summed E-state index contributed by atoms with van der Waals surface area (Å²) in [6.07, 6.45) is 3.31. The van der Waals surface area contributed by atoms with Crippen LogP contribution in [0.25, 0.3) is 0 Å². The van der Waals surface area contributed by atoms with Crippen molar-refractivity contribution in [2.24, 2.45) is 5.41 Å². The van der Waals surface area contributed by atoms with Gasteiger partial charge in [0.1, 0.15) is 5.56 Å². The van der Waals surface area contributed by atoms with E-state index in [1.165, 1.54) is 0 Å². The van der Waals surface area contributed by atoms with Gasteiger partial charge in [0.25, 0.3) is 11.5 Å². The Balaban J connectivity index is 1.67. The lowest BCUT2D eigenvalue weighted by molar-refractivity contribution is -0.138. The van der Waals surface area contributed by atoms with E-state index >= 15 is 0 Å². The number of nitrogens with zero attached hydrogens (tertiary/aromatic N) is 2. The molecule has 142 valence electrons. The van der Waals surface area contributed by atoms with Crippen molar-refractivity contribution in [3.63, 3.8) is 0 Å². The number of hydrogen-bond donors (Lipinski definition) is 1. The van der Waals surface area contributed by atoms with E-state index in [4.69, 9.17) is 0 Å². The van der Waals surface area contributed by atoms with Crippen molar-refractivity contribution in [3.8, 4) is 0 Å². The molecule has 3 rings (SSSR count). The average molecular weight is 359 g/mol. The molecule has 3 heterocycles. The molecule has 1 aromatic rings. The summed E-state index contributed by atoms with van der Waals surface area (Å²) in [5, 5.41) is 0. The smallest absolute Gasteiger partial charge is 0.261 e. The summed E-state index contributed by atoms with van der Waals surface area (Å²) in [6.45, 7) is 8.88. The summed E-state index contributed by atoms with van der Waals surface area (Å²) in [5.41, 5.74) is 0.895. The summed E-state index contributed by atoms with van der Waals surface area (Å²) in [6, 6.07) is 3.48. The number of nitrogens with one attached hydrogen (secondary N) is 1. The minimum absolute atomic E-state index is 0.134. The second-order valence-corrected chi connectivity index (χ2v) is 8.01. The largest absolute Gasteiger partial charge is 0.342 e. The van der Waals surface area contributed by atoms with Gasteiger partial charge in [0.15, 0.2) is 0 Å². The Morgan fingerprint density at radius 3 is 2.46 bits per heavy atom. The predicted octanol–water partition coefficient (Wildman–Crippen LogP) is 2.36. The van der Waals surface area contributed by atoms with Crippen LogP contribution in [0.15, 0.2) is 16.9 Å². The number of carbonyl (C=O) groups is 2. The van der Waals surface area contributed by atoms with Crippen LogP contribution < -0.4 is 5.56 Å². The van der Waals surface area contributed by atoms with Gasteiger partial charge < -0.3 is 14.8 Å². The first kappa shape index (κ1) is 18.7. The summed E-state index contributed by atoms with van der Waals surface area (Å²) in [7, 11) is 0. The van der Waals surface area contributed by atoms with Crippen molar-refractivity contribution >= 4 is 11.8 Å². The third-order valence-corrected chi connectivity index (χ3v) is 6.03. The van der Waals surface area contributed by atoms with Gasteiger partial charge in [-0.3, -0.25) is 14.4 Å². The number of amides is 2. The molecule has 2 aliphatic heterocycles. The molecule has 0 saturated carbocycles. The zero-order valence-electron chi connectivity index (χ0n) is 16.0. The summed E-state index contributed by atoms with van der Waals surface area (Å²) in [4.78, 5) is 43.6. The molecule has 0 radical (unpaired) electrons. The second-order valence-electron chi connectivity index (χ2n) is 8.01. The van der Waals surface area contributed by atoms with Crippen LogP contribution in [0.2, 0.25) is 0 Å². The Morgan fingerprint density at radius 2 is 1.88 bits per heavy atom. The van der Waals surface area contributed by atoms with E-state index in [0.717, 1.165) is 38.0 Å². The molecule has 2 fully saturated rings. The van der Waals surface area contributed by atoms with E-state index in [9.17, 15) is 14.4 Å². The molecule has 0 unspecified atom stereocenters. The molecule has 0 atom stereocenters. The molecule has 0 aromatic carbocycles. The van der Waals surface area contributed by atoms with Gasteiger partial charge in [0.05, 0.1) is 0 Å². The van der Waals surface area contributed by atoms with Gasteiger partial charge in [-0.15, -0.1) is 0 Å². The van der Waals surface area contributed by atoms with E-state index in [1.807, 2.05) is 31.7 Å². The van der Waals surface area contributed by atoms with E-state index in [2.05, 4.69) is 4.98 Å². The van der Waals surface area contributed by atoms with Crippen molar-refractivity contribution in [1.29, 1.82) is 0 Å². The van der Waals surface area contributed by atoms with Crippen LogP contribution in [0.4, 0.5) is 0 Å². The van der Waals surface area contributed by atoms with Gasteiger partial charge in [-0.1, -0.05) is 13.8 Å². The van der Waals surface area contributed by atoms with Crippen molar-refractivity contribution in [2.75, 3.05) is 26.2 Å². The van der Waals surface area contributed by atoms with Gasteiger partial charge in [0.2, 0.25) is 5.91 Å². The highest BCUT2D eigenvalue weighted by atomic mass is 16.2. The summed E-state index contributed by atoms with van der Waals surface area (Å²) >= 11 is 0. The molecular weight excluding hydrogens is 330 g/mol. The van der Waals surface area contributed by atoms with E-state index in [1.54, 1.807) is 11.0 Å². The number of aromatic nitrogens is 1. The van der Waals surface area contributed by atoms with Crippen LogP contribution in [0.1, 0.15) is 68.4 Å². The van der Waals surface area contributed by atoms with Crippen LogP contribution in [0, 0.1) is 5.41 Å². The summed E-state index contributed by atoms with van der Waals surface area (Å²) < 4.78 is 0. The fourth-order valence-corrected chi connectivity index (χ4v) is 4.15. The number of rotatable bonds is 3. The molecule has 1 N–H and O–H groups in total. The molecule has 2 amide bonds. The highest BCUT2D eigenvalue weighted by Gasteiger charge is 2.41. The normalized spacial score (nSPS) is 20.1. The van der Waals surface area contributed by atoms with Gasteiger partial charge in [-0.2, -0.15) is 0 Å². The fourth-order valence-electron chi connectivity index (χ4n) is 4.15. The minimum Gasteiger partial charge on any atom is -0.342 e. The highest BCUT2D eigenvalue weighted by molar-refractivity contribution is 5.94. The van der Waals surface area contributed by atoms with E-state index in [-0.39, 0.29) is 34.3 Å². The molecule has 6 heteroatoms. The van der Waals surface area contributed by atoms with Crippen molar-refractivity contribution in [2.45, 2.75) is 52.4 Å². The average Bonchev–Trinajstić information content (AvgIpc) is 2.64. The molecule has 6 nitrogen and oxygen atoms in total. The van der Waals surface area contributed by atoms with E-state index < -0.39 is 0 Å². The first-order valence-electron chi connectivity index (χ1n) is 9.65. The number of pyridine rings is 1. The minimum atomic E-state index is -0.304. The highest BCUT2D eigenvalue weighted by Crippen LogP contribution is 2.40. The molecule has 1 spiro atoms. The predicted molar refractivity (Wildman–Crippen MR) is 100 cm³/mol. The lowest BCUT2D eigenvalue weighted by Gasteiger charge is -2.47. The third-order valence-electron chi connectivity index (χ3n) is 6.03. The van der Waals surface area contributed by atoms with Crippen LogP contribution in [-0.4, -0.2) is 52.8 Å². The Kier molecular flexibility index (Phi) is 5.21. The zero-order chi connectivity index (χ0) is 18.9. The number of likely N-dealkylation sites (tertiary alicyclic amines) is 2. The molecule has 0 aliphatic carbocycles. The Morgan fingerprint density at radius 1 is 1.19 bits per heavy atom. The number of hydrogen-bond acceptors (Lipinski definition) is 3. The molecule has 1 aromatic heterocycles.